The van der Waals surface area contributed by atoms with E-state index in [0.717, 1.165) is 39.8 Å². The van der Waals surface area contributed by atoms with Crippen LogP contribution < -0.4 is 4.90 Å². The average molecular weight is 401 g/mol. The number of nitriles is 1. The Hall–Kier alpha value is -3.08. The van der Waals surface area contributed by atoms with Crippen molar-refractivity contribution in [1.29, 1.82) is 5.26 Å². The zero-order valence-corrected chi connectivity index (χ0v) is 16.7. The Morgan fingerprint density at radius 1 is 1.10 bits per heavy atom. The highest BCUT2D eigenvalue weighted by Crippen LogP contribution is 2.38. The number of hydrogen-bond donors (Lipinski definition) is 0. The normalized spacial score (nSPS) is 16.2. The van der Waals surface area contributed by atoms with Gasteiger partial charge in [0.05, 0.1) is 23.7 Å². The first-order valence-corrected chi connectivity index (χ1v) is 10.4. The van der Waals surface area contributed by atoms with Gasteiger partial charge >= 0.3 is 0 Å². The number of thiophene rings is 1. The topological polar surface area (TPSA) is 73.3 Å². The van der Waals surface area contributed by atoms with Crippen molar-refractivity contribution in [3.63, 3.8) is 0 Å². The van der Waals surface area contributed by atoms with Gasteiger partial charge in [-0.15, -0.1) is 16.4 Å². The summed E-state index contributed by atoms with van der Waals surface area (Å²) in [7, 11) is 0. The molecule has 1 fully saturated rings. The predicted molar refractivity (Wildman–Crippen MR) is 115 cm³/mol. The molecule has 7 heteroatoms. The molecule has 144 valence electrons. The van der Waals surface area contributed by atoms with Crippen LogP contribution >= 0.6 is 11.3 Å². The van der Waals surface area contributed by atoms with Gasteiger partial charge in [-0.25, -0.2) is 0 Å². The largest absolute Gasteiger partial charge is 0.378 e. The van der Waals surface area contributed by atoms with Crippen LogP contribution in [0.2, 0.25) is 0 Å². The monoisotopic (exact) mass is 401 g/mol. The molecule has 0 amide bonds. The Labute approximate surface area is 172 Å². The number of rotatable bonds is 4. The molecule has 0 spiro atoms. The van der Waals surface area contributed by atoms with Gasteiger partial charge in [0.1, 0.15) is 23.3 Å². The van der Waals surface area contributed by atoms with Crippen molar-refractivity contribution < 1.29 is 4.74 Å². The van der Waals surface area contributed by atoms with Gasteiger partial charge in [0.15, 0.2) is 0 Å². The average Bonchev–Trinajstić information content (AvgIpc) is 3.42. The van der Waals surface area contributed by atoms with Gasteiger partial charge in [-0.05, 0) is 27.1 Å². The zero-order valence-electron chi connectivity index (χ0n) is 15.8. The summed E-state index contributed by atoms with van der Waals surface area (Å²) < 4.78 is 5.49. The van der Waals surface area contributed by atoms with E-state index in [1.165, 1.54) is 16.3 Å². The van der Waals surface area contributed by atoms with Crippen LogP contribution in [0.4, 0.5) is 5.00 Å². The van der Waals surface area contributed by atoms with E-state index in [1.54, 1.807) is 11.3 Å². The van der Waals surface area contributed by atoms with Crippen LogP contribution in [0, 0.1) is 11.3 Å². The summed E-state index contributed by atoms with van der Waals surface area (Å²) in [6.45, 7) is 3.43. The van der Waals surface area contributed by atoms with Crippen LogP contribution in [-0.4, -0.2) is 38.6 Å². The van der Waals surface area contributed by atoms with Crippen molar-refractivity contribution in [3.05, 3.63) is 64.0 Å². The third-order valence-corrected chi connectivity index (χ3v) is 6.65. The Balaban J connectivity index is 1.59. The SMILES string of the molecule is N#Cc1c(N2CCOCC2)sc(C2=NN=NC2)c1Cc1ccc2ccccc2c1. The lowest BCUT2D eigenvalue weighted by Gasteiger charge is -2.27. The lowest BCUT2D eigenvalue weighted by atomic mass is 9.97. The molecule has 5 rings (SSSR count). The summed E-state index contributed by atoms with van der Waals surface area (Å²) >= 11 is 1.63. The minimum absolute atomic E-state index is 0.471. The van der Waals surface area contributed by atoms with E-state index in [9.17, 15) is 5.26 Å². The summed E-state index contributed by atoms with van der Waals surface area (Å²) in [6, 6.07) is 17.3. The number of morpholine rings is 1. The van der Waals surface area contributed by atoms with E-state index in [-0.39, 0.29) is 0 Å². The fourth-order valence-corrected chi connectivity index (χ4v) is 5.14. The third kappa shape index (κ3) is 3.41. The van der Waals surface area contributed by atoms with Crippen LogP contribution in [0.15, 0.2) is 57.9 Å². The molecular formula is C22H19N5OS. The summed E-state index contributed by atoms with van der Waals surface area (Å²) in [6.07, 6.45) is 0.683. The second-order valence-corrected chi connectivity index (χ2v) is 8.09. The fourth-order valence-electron chi connectivity index (χ4n) is 3.84. The van der Waals surface area contributed by atoms with Crippen LogP contribution in [0.5, 0.6) is 0 Å². The Kier molecular flexibility index (Phi) is 4.80. The van der Waals surface area contributed by atoms with E-state index in [0.29, 0.717) is 26.2 Å². The molecule has 0 atom stereocenters. The summed E-state index contributed by atoms with van der Waals surface area (Å²) in [5.74, 6) is 0. The van der Waals surface area contributed by atoms with E-state index < -0.39 is 0 Å². The van der Waals surface area contributed by atoms with Gasteiger partial charge < -0.3 is 9.64 Å². The lowest BCUT2D eigenvalue weighted by Crippen LogP contribution is -2.36. The molecule has 1 aromatic heterocycles. The molecule has 2 aromatic carbocycles. The van der Waals surface area contributed by atoms with E-state index >= 15 is 0 Å². The Bertz CT molecular complexity index is 1170. The highest BCUT2D eigenvalue weighted by molar-refractivity contribution is 7.18. The van der Waals surface area contributed by atoms with Gasteiger partial charge in [0.2, 0.25) is 0 Å². The van der Waals surface area contributed by atoms with Crippen LogP contribution in [0.3, 0.4) is 0 Å². The number of hydrogen-bond acceptors (Lipinski definition) is 7. The van der Waals surface area contributed by atoms with Crippen molar-refractivity contribution in [3.8, 4) is 6.07 Å². The molecule has 29 heavy (non-hydrogen) atoms. The first-order valence-electron chi connectivity index (χ1n) is 9.63. The number of nitrogens with zero attached hydrogens (tertiary/aromatic N) is 5. The van der Waals surface area contributed by atoms with Crippen molar-refractivity contribution in [2.24, 2.45) is 15.4 Å². The highest BCUT2D eigenvalue weighted by Gasteiger charge is 2.27. The predicted octanol–water partition coefficient (Wildman–Crippen LogP) is 4.37. The van der Waals surface area contributed by atoms with Crippen molar-refractivity contribution >= 4 is 32.8 Å². The molecule has 1 saturated heterocycles. The highest BCUT2D eigenvalue weighted by atomic mass is 32.1. The molecule has 0 aliphatic carbocycles. The second kappa shape index (κ2) is 7.74. The summed E-state index contributed by atoms with van der Waals surface area (Å²) in [5, 5.41) is 25.5. The first-order chi connectivity index (χ1) is 14.3. The van der Waals surface area contributed by atoms with Crippen LogP contribution in [0.1, 0.15) is 21.6 Å². The van der Waals surface area contributed by atoms with Crippen molar-refractivity contribution in [1.82, 2.24) is 0 Å². The van der Waals surface area contributed by atoms with Gasteiger partial charge in [-0.3, -0.25) is 0 Å². The maximum atomic E-state index is 10.0. The fraction of sp³-hybridized carbons (Fsp3) is 0.273. The number of benzene rings is 2. The molecule has 0 unspecified atom stereocenters. The zero-order chi connectivity index (χ0) is 19.6. The summed E-state index contributed by atoms with van der Waals surface area (Å²) in [5.41, 5.74) is 3.80. The Morgan fingerprint density at radius 2 is 1.93 bits per heavy atom. The molecular weight excluding hydrogens is 382 g/mol. The molecule has 0 saturated carbocycles. The molecule has 2 aliphatic rings. The van der Waals surface area contributed by atoms with E-state index in [1.807, 2.05) is 6.07 Å². The standard InChI is InChI=1S/C22H19N5OS/c23-13-19-18(12-15-5-6-16-3-1-2-4-17(16)11-15)21(20-14-24-26-25-20)29-22(19)27-7-9-28-10-8-27/h1-6,11H,7-10,12,14H2. The van der Waals surface area contributed by atoms with Crippen LogP contribution in [0.25, 0.3) is 10.8 Å². The van der Waals surface area contributed by atoms with Gasteiger partial charge in [-0.2, -0.15) is 10.4 Å². The molecule has 0 radical (unpaired) electrons. The molecule has 3 heterocycles. The third-order valence-electron chi connectivity index (χ3n) is 5.30. The van der Waals surface area contributed by atoms with Gasteiger partial charge in [-0.1, -0.05) is 42.5 Å². The van der Waals surface area contributed by atoms with Crippen molar-refractivity contribution in [2.45, 2.75) is 6.42 Å². The number of anilines is 1. The maximum absolute atomic E-state index is 10.0. The lowest BCUT2D eigenvalue weighted by molar-refractivity contribution is 0.123. The molecule has 2 aliphatic heterocycles. The molecule has 6 nitrogen and oxygen atoms in total. The van der Waals surface area contributed by atoms with Gasteiger partial charge in [0.25, 0.3) is 0 Å². The van der Waals surface area contributed by atoms with Crippen LogP contribution in [-0.2, 0) is 11.2 Å². The number of fused-ring (bicyclic) bond motifs is 1. The minimum Gasteiger partial charge on any atom is -0.378 e. The van der Waals surface area contributed by atoms with E-state index in [2.05, 4.69) is 62.8 Å². The second-order valence-electron chi connectivity index (χ2n) is 7.10. The molecule has 0 bridgehead atoms. The quantitative estimate of drug-likeness (QED) is 0.652. The summed E-state index contributed by atoms with van der Waals surface area (Å²) in [4.78, 5) is 3.28. The van der Waals surface area contributed by atoms with Gasteiger partial charge in [0, 0.05) is 19.5 Å². The molecule has 3 aromatic rings. The first kappa shape index (κ1) is 18.0. The van der Waals surface area contributed by atoms with E-state index in [4.69, 9.17) is 4.74 Å². The maximum Gasteiger partial charge on any atom is 0.110 e. The number of ether oxygens (including phenoxy) is 1. The van der Waals surface area contributed by atoms with Crippen molar-refractivity contribution in [2.75, 3.05) is 37.7 Å². The molecule has 0 N–H and O–H groups in total. The Morgan fingerprint density at radius 3 is 2.69 bits per heavy atom. The minimum atomic E-state index is 0.471. The smallest absolute Gasteiger partial charge is 0.110 e.